The molecule has 2 aromatic carbocycles. The molecule has 1 aliphatic rings. The van der Waals surface area contributed by atoms with Crippen LogP contribution in [0.25, 0.3) is 33.5 Å². The van der Waals surface area contributed by atoms with Crippen molar-refractivity contribution in [1.82, 2.24) is 30.0 Å². The highest BCUT2D eigenvalue weighted by Gasteiger charge is 2.32. The van der Waals surface area contributed by atoms with E-state index in [4.69, 9.17) is 11.6 Å². The Labute approximate surface area is 244 Å². The molecule has 0 atom stereocenters. The van der Waals surface area contributed by atoms with E-state index in [1.54, 1.807) is 29.0 Å². The van der Waals surface area contributed by atoms with Gasteiger partial charge < -0.3 is 20.1 Å². The lowest BCUT2D eigenvalue weighted by molar-refractivity contribution is -0.0158. The van der Waals surface area contributed by atoms with Gasteiger partial charge in [-0.2, -0.15) is 18.7 Å². The molecule has 0 bridgehead atoms. The molecule has 42 heavy (non-hydrogen) atoms. The predicted molar refractivity (Wildman–Crippen MR) is 158 cm³/mol. The van der Waals surface area contributed by atoms with Gasteiger partial charge in [0.2, 0.25) is 11.8 Å². The molecule has 4 heterocycles. The minimum atomic E-state index is -3.27. The first-order valence-corrected chi connectivity index (χ1v) is 13.8. The van der Waals surface area contributed by atoms with Crippen molar-refractivity contribution in [1.29, 1.82) is 0 Å². The van der Waals surface area contributed by atoms with Crippen molar-refractivity contribution in [2.24, 2.45) is 0 Å². The summed E-state index contributed by atoms with van der Waals surface area (Å²) in [6.45, 7) is 6.76. The number of anilines is 3. The monoisotopic (exact) mass is 592 g/mol. The number of aryl methyl sites for hydroxylation is 1. The van der Waals surface area contributed by atoms with E-state index in [0.29, 0.717) is 47.1 Å². The van der Waals surface area contributed by atoms with Gasteiger partial charge >= 0.3 is 5.92 Å². The Balaban J connectivity index is 1.29. The fraction of sp³-hybridized carbons (Fsp3) is 0.276. The Morgan fingerprint density at radius 1 is 1.07 bits per heavy atom. The Hall–Kier alpha value is -4.42. The van der Waals surface area contributed by atoms with E-state index in [0.717, 1.165) is 37.6 Å². The summed E-state index contributed by atoms with van der Waals surface area (Å²) in [5.41, 5.74) is 3.38. The van der Waals surface area contributed by atoms with E-state index < -0.39 is 11.8 Å². The van der Waals surface area contributed by atoms with Crippen LogP contribution >= 0.6 is 11.6 Å². The fourth-order valence-electron chi connectivity index (χ4n) is 4.90. The largest absolute Gasteiger partial charge is 0.369 e. The number of halogens is 3. The lowest BCUT2D eigenvalue weighted by Crippen LogP contribution is -2.43. The minimum absolute atomic E-state index is 0.0312. The van der Waals surface area contributed by atoms with Crippen LogP contribution in [0.2, 0.25) is 5.02 Å². The van der Waals surface area contributed by atoms with E-state index in [2.05, 4.69) is 52.3 Å². The molecule has 0 unspecified atom stereocenters. The smallest absolute Gasteiger partial charge is 0.322 e. The van der Waals surface area contributed by atoms with Crippen LogP contribution in [0, 0.1) is 0 Å². The third kappa shape index (κ3) is 5.42. The molecule has 5 aromatic rings. The Morgan fingerprint density at radius 2 is 1.83 bits per heavy atom. The molecule has 3 aromatic heterocycles. The van der Waals surface area contributed by atoms with Crippen LogP contribution in [0.15, 0.2) is 64.0 Å². The second kappa shape index (κ2) is 11.1. The summed E-state index contributed by atoms with van der Waals surface area (Å²) in [5, 5.41) is 11.1. The quantitative estimate of drug-likeness (QED) is 0.255. The van der Waals surface area contributed by atoms with Crippen molar-refractivity contribution in [2.75, 3.05) is 36.4 Å². The third-order valence-corrected chi connectivity index (χ3v) is 7.38. The number of aromatic nitrogens is 5. The van der Waals surface area contributed by atoms with Gasteiger partial charge in [0.05, 0.1) is 0 Å². The van der Waals surface area contributed by atoms with Crippen LogP contribution in [0.5, 0.6) is 0 Å². The lowest BCUT2D eigenvalue weighted by atomic mass is 10.0. The van der Waals surface area contributed by atoms with Gasteiger partial charge in [-0.3, -0.25) is 9.36 Å². The van der Waals surface area contributed by atoms with Gasteiger partial charge in [-0.1, -0.05) is 28.9 Å². The van der Waals surface area contributed by atoms with Crippen LogP contribution in [0.1, 0.15) is 19.7 Å². The van der Waals surface area contributed by atoms with Crippen molar-refractivity contribution >= 4 is 40.0 Å². The first-order chi connectivity index (χ1) is 20.2. The number of fused-ring (bicyclic) bond motifs is 1. The summed E-state index contributed by atoms with van der Waals surface area (Å²) in [4.78, 5) is 28.8. The Bertz CT molecular complexity index is 1810. The molecule has 1 saturated heterocycles. The average Bonchev–Trinajstić information content (AvgIpc) is 3.50. The van der Waals surface area contributed by atoms with Crippen molar-refractivity contribution in [3.8, 4) is 22.5 Å². The summed E-state index contributed by atoms with van der Waals surface area (Å²) in [6.07, 6.45) is 1.66. The normalized spacial score (nSPS) is 14.0. The molecule has 0 amide bonds. The van der Waals surface area contributed by atoms with Gasteiger partial charge in [0, 0.05) is 84.3 Å². The molecule has 1 aliphatic heterocycles. The van der Waals surface area contributed by atoms with Gasteiger partial charge in [-0.05, 0) is 43.3 Å². The van der Waals surface area contributed by atoms with E-state index in [1.165, 1.54) is 6.07 Å². The number of benzene rings is 2. The highest BCUT2D eigenvalue weighted by Crippen LogP contribution is 2.33. The summed E-state index contributed by atoms with van der Waals surface area (Å²) >= 11 is 6.58. The first-order valence-electron chi connectivity index (χ1n) is 13.5. The zero-order chi connectivity index (χ0) is 29.4. The molecule has 2 N–H and O–H groups in total. The molecule has 0 aliphatic carbocycles. The predicted octanol–water partition coefficient (Wildman–Crippen LogP) is 5.45. The highest BCUT2D eigenvalue weighted by molar-refractivity contribution is 6.33. The van der Waals surface area contributed by atoms with E-state index in [9.17, 15) is 13.6 Å². The van der Waals surface area contributed by atoms with Crippen LogP contribution in [-0.2, 0) is 12.5 Å². The Kier molecular flexibility index (Phi) is 7.33. The average molecular weight is 593 g/mol. The number of pyridine rings is 1. The van der Waals surface area contributed by atoms with Gasteiger partial charge in [0.15, 0.2) is 0 Å². The minimum Gasteiger partial charge on any atom is -0.369 e. The highest BCUT2D eigenvalue weighted by atomic mass is 35.5. The Morgan fingerprint density at radius 3 is 2.50 bits per heavy atom. The summed E-state index contributed by atoms with van der Waals surface area (Å²) < 4.78 is 33.3. The maximum Gasteiger partial charge on any atom is 0.322 e. The molecule has 10 nitrogen and oxygen atoms in total. The summed E-state index contributed by atoms with van der Waals surface area (Å²) in [7, 11) is 0. The van der Waals surface area contributed by atoms with Crippen LogP contribution in [0.3, 0.4) is 0 Å². The van der Waals surface area contributed by atoms with Gasteiger partial charge in [0.1, 0.15) is 5.65 Å². The molecular formula is C29H27ClF2N8O2. The van der Waals surface area contributed by atoms with Gasteiger partial charge in [-0.15, -0.1) is 0 Å². The number of hydrogen-bond acceptors (Lipinski definition) is 9. The van der Waals surface area contributed by atoms with E-state index in [1.807, 2.05) is 19.1 Å². The van der Waals surface area contributed by atoms with Gasteiger partial charge in [0.25, 0.3) is 11.4 Å². The molecule has 216 valence electrons. The fourth-order valence-corrected chi connectivity index (χ4v) is 5.19. The summed E-state index contributed by atoms with van der Waals surface area (Å²) in [6, 6.07) is 14.5. The molecule has 0 spiro atoms. The number of nitrogens with zero attached hydrogens (tertiary/aromatic N) is 6. The van der Waals surface area contributed by atoms with Crippen molar-refractivity contribution in [2.45, 2.75) is 26.3 Å². The van der Waals surface area contributed by atoms with Crippen molar-refractivity contribution in [3.05, 3.63) is 76.0 Å². The van der Waals surface area contributed by atoms with E-state index >= 15 is 0 Å². The SMILES string of the molecule is CCn1c(=O)c(-c2ccc(-c3noc(C(C)(F)F)n3)cc2Cl)cc2cnc(Nc3ccc(N4CCNCC4)cc3)nc21. The second-order valence-electron chi connectivity index (χ2n) is 10.00. The van der Waals surface area contributed by atoms with Crippen molar-refractivity contribution in [3.63, 3.8) is 0 Å². The maximum absolute atomic E-state index is 13.6. The third-order valence-electron chi connectivity index (χ3n) is 7.07. The second-order valence-corrected chi connectivity index (χ2v) is 10.4. The number of hydrogen-bond donors (Lipinski definition) is 2. The van der Waals surface area contributed by atoms with E-state index in [-0.39, 0.29) is 16.4 Å². The van der Waals surface area contributed by atoms with Crippen molar-refractivity contribution < 1.29 is 13.3 Å². The first kappa shape index (κ1) is 27.7. The zero-order valence-electron chi connectivity index (χ0n) is 22.9. The molecule has 13 heteroatoms. The molecule has 6 rings (SSSR count). The van der Waals surface area contributed by atoms with Gasteiger partial charge in [-0.25, -0.2) is 4.98 Å². The van der Waals surface area contributed by atoms with Crippen LogP contribution in [0.4, 0.5) is 26.1 Å². The number of piperazine rings is 1. The lowest BCUT2D eigenvalue weighted by Gasteiger charge is -2.29. The number of rotatable bonds is 7. The molecule has 0 radical (unpaired) electrons. The zero-order valence-corrected chi connectivity index (χ0v) is 23.6. The maximum atomic E-state index is 13.6. The standard InChI is InChI=1S/C29H27ClF2N8O2/c1-3-40-25-18(16-34-28(37-25)35-19-5-7-20(8-6-19)39-12-10-33-11-13-39)14-22(26(40)41)21-9-4-17(15-23(21)30)24-36-27(42-38-24)29(2,31)32/h4-9,14-16,33H,3,10-13H2,1-2H3,(H,34,35,37). The molecule has 1 fully saturated rings. The van der Waals surface area contributed by atoms with Crippen LogP contribution < -0.4 is 21.1 Å². The number of alkyl halides is 2. The molecule has 0 saturated carbocycles. The van der Waals surface area contributed by atoms with Crippen LogP contribution in [-0.4, -0.2) is 50.9 Å². The topological polar surface area (TPSA) is 114 Å². The summed E-state index contributed by atoms with van der Waals surface area (Å²) in [5.74, 6) is -3.72. The molecular weight excluding hydrogens is 566 g/mol. The number of nitrogens with one attached hydrogen (secondary N) is 2.